The maximum atomic E-state index is 11.8. The van der Waals surface area contributed by atoms with Crippen LogP contribution in [0.5, 0.6) is 0 Å². The van der Waals surface area contributed by atoms with Crippen LogP contribution in [0, 0.1) is 0 Å². The van der Waals surface area contributed by atoms with Gasteiger partial charge in [-0.25, -0.2) is 13.6 Å². The van der Waals surface area contributed by atoms with E-state index < -0.39 is 15.6 Å². The van der Waals surface area contributed by atoms with Gasteiger partial charge in [0, 0.05) is 5.56 Å². The predicted octanol–water partition coefficient (Wildman–Crippen LogP) is 2.23. The van der Waals surface area contributed by atoms with E-state index in [-0.39, 0.29) is 4.90 Å². The monoisotopic (exact) mass is 291 g/mol. The van der Waals surface area contributed by atoms with E-state index in [1.165, 1.54) is 6.07 Å². The average Bonchev–Trinajstić information content (AvgIpc) is 2.37. The molecule has 106 valence electrons. The minimum atomic E-state index is -3.91. The minimum absolute atomic E-state index is 0.0497. The van der Waals surface area contributed by atoms with Gasteiger partial charge in [0.15, 0.2) is 0 Å². The summed E-state index contributed by atoms with van der Waals surface area (Å²) in [5.41, 5.74) is 0.474. The Morgan fingerprint density at radius 3 is 2.10 bits per heavy atom. The molecule has 3 N–H and O–H groups in total. The number of hydrogen-bond acceptors (Lipinski definition) is 3. The largest absolute Gasteiger partial charge is 0.386 e. The molecule has 0 aliphatic carbocycles. The summed E-state index contributed by atoms with van der Waals surface area (Å²) in [4.78, 5) is -0.0497. The highest BCUT2D eigenvalue weighted by molar-refractivity contribution is 7.89. The molecule has 0 saturated heterocycles. The summed E-state index contributed by atoms with van der Waals surface area (Å²) in [5, 5.41) is 15.6. The Labute approximate surface area is 118 Å². The second-order valence-electron chi connectivity index (χ2n) is 5.15. The first-order valence-corrected chi connectivity index (χ1v) is 7.70. The molecular formula is C15H17NO3S. The third kappa shape index (κ3) is 2.90. The van der Waals surface area contributed by atoms with E-state index in [4.69, 9.17) is 5.14 Å². The highest BCUT2D eigenvalue weighted by atomic mass is 32.2. The zero-order valence-electron chi connectivity index (χ0n) is 11.4. The van der Waals surface area contributed by atoms with E-state index in [1.54, 1.807) is 26.0 Å². The number of nitrogens with two attached hydrogens (primary N) is 1. The van der Waals surface area contributed by atoms with Crippen molar-refractivity contribution in [2.24, 2.45) is 5.14 Å². The molecule has 0 radical (unpaired) electrons. The molecule has 2 aromatic carbocycles. The number of hydrogen-bond donors (Lipinski definition) is 2. The number of primary sulfonamides is 1. The van der Waals surface area contributed by atoms with Crippen molar-refractivity contribution in [3.05, 3.63) is 54.1 Å². The van der Waals surface area contributed by atoms with Gasteiger partial charge < -0.3 is 5.11 Å². The zero-order chi connectivity index (χ0) is 15.0. The first-order chi connectivity index (χ1) is 9.21. The van der Waals surface area contributed by atoms with Gasteiger partial charge in [-0.05, 0) is 31.0 Å². The molecule has 4 nitrogen and oxygen atoms in total. The van der Waals surface area contributed by atoms with E-state index in [0.29, 0.717) is 11.1 Å². The first-order valence-electron chi connectivity index (χ1n) is 6.15. The highest BCUT2D eigenvalue weighted by Gasteiger charge is 2.28. The molecule has 0 unspecified atom stereocenters. The van der Waals surface area contributed by atoms with Gasteiger partial charge in [-0.3, -0.25) is 0 Å². The van der Waals surface area contributed by atoms with Gasteiger partial charge in [0.2, 0.25) is 10.0 Å². The normalized spacial score (nSPS) is 12.4. The molecule has 0 fully saturated rings. The Bertz CT molecular complexity index is 717. The molecule has 0 bridgehead atoms. The fraction of sp³-hybridized carbons (Fsp3) is 0.200. The van der Waals surface area contributed by atoms with Crippen molar-refractivity contribution in [1.29, 1.82) is 0 Å². The maximum absolute atomic E-state index is 11.8. The number of benzene rings is 2. The summed E-state index contributed by atoms with van der Waals surface area (Å²) in [6.07, 6.45) is 0. The third-order valence-corrected chi connectivity index (χ3v) is 3.98. The van der Waals surface area contributed by atoms with Gasteiger partial charge in [0.1, 0.15) is 0 Å². The second-order valence-corrected chi connectivity index (χ2v) is 6.68. The molecular weight excluding hydrogens is 274 g/mol. The molecule has 0 spiro atoms. The lowest BCUT2D eigenvalue weighted by atomic mass is 9.89. The Morgan fingerprint density at radius 2 is 1.60 bits per heavy atom. The quantitative estimate of drug-likeness (QED) is 0.910. The van der Waals surface area contributed by atoms with Gasteiger partial charge in [0.05, 0.1) is 10.5 Å². The van der Waals surface area contributed by atoms with Crippen LogP contribution in [0.3, 0.4) is 0 Å². The van der Waals surface area contributed by atoms with Gasteiger partial charge in [-0.2, -0.15) is 0 Å². The van der Waals surface area contributed by atoms with Crippen LogP contribution >= 0.6 is 0 Å². The first kappa shape index (κ1) is 14.7. The maximum Gasteiger partial charge on any atom is 0.238 e. The number of rotatable bonds is 3. The average molecular weight is 291 g/mol. The molecule has 20 heavy (non-hydrogen) atoms. The number of sulfonamides is 1. The van der Waals surface area contributed by atoms with Crippen molar-refractivity contribution >= 4 is 10.0 Å². The van der Waals surface area contributed by atoms with Crippen molar-refractivity contribution in [1.82, 2.24) is 0 Å². The van der Waals surface area contributed by atoms with E-state index >= 15 is 0 Å². The lowest BCUT2D eigenvalue weighted by Crippen LogP contribution is -2.24. The molecule has 0 amide bonds. The summed E-state index contributed by atoms with van der Waals surface area (Å²) in [7, 11) is -3.91. The smallest absolute Gasteiger partial charge is 0.238 e. The molecule has 0 saturated carbocycles. The lowest BCUT2D eigenvalue weighted by Gasteiger charge is -2.24. The number of aliphatic hydroxyl groups is 1. The lowest BCUT2D eigenvalue weighted by molar-refractivity contribution is 0.0761. The summed E-state index contributed by atoms with van der Waals surface area (Å²) >= 11 is 0. The Kier molecular flexibility index (Phi) is 3.69. The fourth-order valence-corrected chi connectivity index (χ4v) is 3.17. The molecule has 0 aromatic heterocycles. The molecule has 0 aliphatic rings. The van der Waals surface area contributed by atoms with E-state index in [1.807, 2.05) is 30.3 Å². The van der Waals surface area contributed by atoms with Gasteiger partial charge >= 0.3 is 0 Å². The van der Waals surface area contributed by atoms with Crippen LogP contribution in [0.1, 0.15) is 19.4 Å². The SMILES string of the molecule is CC(C)(O)c1c(-c2ccccc2)cccc1S(N)(=O)=O. The molecule has 0 heterocycles. The molecule has 0 atom stereocenters. The van der Waals surface area contributed by atoms with Crippen LogP contribution in [0.2, 0.25) is 0 Å². The van der Waals surface area contributed by atoms with Crippen LogP contribution in [-0.2, 0) is 15.6 Å². The summed E-state index contributed by atoms with van der Waals surface area (Å²) in [6, 6.07) is 14.1. The Hall–Kier alpha value is -1.69. The van der Waals surface area contributed by atoms with Gasteiger partial charge in [-0.15, -0.1) is 0 Å². The summed E-state index contributed by atoms with van der Waals surface area (Å²) in [5.74, 6) is 0. The molecule has 5 heteroatoms. The van der Waals surface area contributed by atoms with Crippen molar-refractivity contribution in [3.63, 3.8) is 0 Å². The predicted molar refractivity (Wildman–Crippen MR) is 78.5 cm³/mol. The molecule has 2 rings (SSSR count). The minimum Gasteiger partial charge on any atom is -0.386 e. The van der Waals surface area contributed by atoms with E-state index in [0.717, 1.165) is 5.56 Å². The van der Waals surface area contributed by atoms with Crippen molar-refractivity contribution < 1.29 is 13.5 Å². The van der Waals surface area contributed by atoms with Crippen LogP contribution in [-0.4, -0.2) is 13.5 Å². The standard InChI is InChI=1S/C15H17NO3S/c1-15(2,17)14-12(11-7-4-3-5-8-11)9-6-10-13(14)20(16,18)19/h3-10,17H,1-2H3,(H2,16,18,19). The van der Waals surface area contributed by atoms with Crippen LogP contribution in [0.4, 0.5) is 0 Å². The van der Waals surface area contributed by atoms with Crippen molar-refractivity contribution in [2.45, 2.75) is 24.3 Å². The highest BCUT2D eigenvalue weighted by Crippen LogP contribution is 2.35. The molecule has 2 aromatic rings. The topological polar surface area (TPSA) is 80.4 Å². The van der Waals surface area contributed by atoms with Crippen molar-refractivity contribution in [3.8, 4) is 11.1 Å². The zero-order valence-corrected chi connectivity index (χ0v) is 12.2. The van der Waals surface area contributed by atoms with Crippen LogP contribution in [0.15, 0.2) is 53.4 Å². The van der Waals surface area contributed by atoms with Gasteiger partial charge in [0.25, 0.3) is 0 Å². The second kappa shape index (κ2) is 5.01. The Morgan fingerprint density at radius 1 is 1.00 bits per heavy atom. The molecule has 0 aliphatic heterocycles. The Balaban J connectivity index is 2.84. The van der Waals surface area contributed by atoms with E-state index in [2.05, 4.69) is 0 Å². The van der Waals surface area contributed by atoms with Crippen LogP contribution < -0.4 is 5.14 Å². The fourth-order valence-electron chi connectivity index (χ4n) is 2.26. The third-order valence-electron chi connectivity index (χ3n) is 3.03. The van der Waals surface area contributed by atoms with E-state index in [9.17, 15) is 13.5 Å². The van der Waals surface area contributed by atoms with Crippen molar-refractivity contribution in [2.75, 3.05) is 0 Å². The van der Waals surface area contributed by atoms with Crippen LogP contribution in [0.25, 0.3) is 11.1 Å². The summed E-state index contributed by atoms with van der Waals surface area (Å²) in [6.45, 7) is 3.09. The van der Waals surface area contributed by atoms with Gasteiger partial charge in [-0.1, -0.05) is 42.5 Å². The summed E-state index contributed by atoms with van der Waals surface area (Å²) < 4.78 is 23.5.